The van der Waals surface area contributed by atoms with Gasteiger partial charge in [0.05, 0.1) is 5.92 Å². The largest absolute Gasteiger partial charge is 0.481 e. The topological polar surface area (TPSA) is 62.2 Å². The highest BCUT2D eigenvalue weighted by atomic mass is 16.4. The van der Waals surface area contributed by atoms with Gasteiger partial charge in [0.1, 0.15) is 0 Å². The van der Waals surface area contributed by atoms with Crippen LogP contribution in [0.1, 0.15) is 29.2 Å². The minimum Gasteiger partial charge on any atom is -0.481 e. The van der Waals surface area contributed by atoms with Crippen LogP contribution in [0.4, 0.5) is 0 Å². The van der Waals surface area contributed by atoms with Gasteiger partial charge in [-0.15, -0.1) is 0 Å². The summed E-state index contributed by atoms with van der Waals surface area (Å²) in [7, 11) is 0. The van der Waals surface area contributed by atoms with Crippen molar-refractivity contribution in [1.82, 2.24) is 10.3 Å². The van der Waals surface area contributed by atoms with Crippen LogP contribution in [-0.2, 0) is 17.6 Å². The molecule has 0 spiro atoms. The lowest BCUT2D eigenvalue weighted by Crippen LogP contribution is -2.13. The van der Waals surface area contributed by atoms with Crippen molar-refractivity contribution in [2.75, 3.05) is 13.1 Å². The molecule has 1 fully saturated rings. The number of fused-ring (bicyclic) bond motifs is 1. The van der Waals surface area contributed by atoms with Gasteiger partial charge < -0.3 is 10.4 Å². The van der Waals surface area contributed by atoms with Crippen molar-refractivity contribution >= 4 is 5.97 Å². The van der Waals surface area contributed by atoms with Crippen molar-refractivity contribution in [3.63, 3.8) is 0 Å². The third-order valence-corrected chi connectivity index (χ3v) is 3.87. The van der Waals surface area contributed by atoms with Crippen LogP contribution in [0.3, 0.4) is 0 Å². The summed E-state index contributed by atoms with van der Waals surface area (Å²) in [4.78, 5) is 15.4. The number of rotatable bonds is 2. The Hall–Kier alpha value is -1.42. The van der Waals surface area contributed by atoms with E-state index in [0.717, 1.165) is 30.8 Å². The van der Waals surface area contributed by atoms with Gasteiger partial charge in [-0.2, -0.15) is 0 Å². The van der Waals surface area contributed by atoms with Crippen LogP contribution in [0.15, 0.2) is 12.3 Å². The summed E-state index contributed by atoms with van der Waals surface area (Å²) in [6.45, 7) is 2.09. The molecule has 2 unspecified atom stereocenters. The van der Waals surface area contributed by atoms with Crippen molar-refractivity contribution in [3.8, 4) is 0 Å². The number of carbonyl (C=O) groups is 1. The Labute approximate surface area is 100 Å². The summed E-state index contributed by atoms with van der Waals surface area (Å²) in [5, 5.41) is 12.4. The van der Waals surface area contributed by atoms with E-state index in [1.54, 1.807) is 0 Å². The lowest BCUT2D eigenvalue weighted by Gasteiger charge is -2.09. The lowest BCUT2D eigenvalue weighted by molar-refractivity contribution is -0.141. The highest BCUT2D eigenvalue weighted by Gasteiger charge is 2.29. The fourth-order valence-electron chi connectivity index (χ4n) is 2.83. The van der Waals surface area contributed by atoms with Crippen molar-refractivity contribution in [2.24, 2.45) is 5.92 Å². The number of nitrogens with one attached hydrogen (secondary N) is 1. The van der Waals surface area contributed by atoms with Gasteiger partial charge >= 0.3 is 5.97 Å². The molecule has 0 aromatic carbocycles. The van der Waals surface area contributed by atoms with Gasteiger partial charge in [0, 0.05) is 24.9 Å². The van der Waals surface area contributed by atoms with Gasteiger partial charge in [0.2, 0.25) is 0 Å². The number of nitrogens with zero attached hydrogens (tertiary/aromatic N) is 1. The molecule has 0 bridgehead atoms. The van der Waals surface area contributed by atoms with Gasteiger partial charge in [-0.1, -0.05) is 6.07 Å². The maximum Gasteiger partial charge on any atom is 0.307 e. The van der Waals surface area contributed by atoms with Crippen molar-refractivity contribution in [1.29, 1.82) is 0 Å². The molecule has 2 heterocycles. The maximum atomic E-state index is 11.0. The second-order valence-electron chi connectivity index (χ2n) is 5.01. The molecule has 1 aromatic rings. The number of hydrogen-bond donors (Lipinski definition) is 2. The van der Waals surface area contributed by atoms with Crippen LogP contribution in [0.5, 0.6) is 0 Å². The molecular weight excluding hydrogens is 216 g/mol. The first kappa shape index (κ1) is 10.7. The molecule has 90 valence electrons. The predicted molar refractivity (Wildman–Crippen MR) is 63.0 cm³/mol. The van der Waals surface area contributed by atoms with E-state index in [2.05, 4.69) is 16.4 Å². The smallest absolute Gasteiger partial charge is 0.307 e. The number of carboxylic acid groups (broad SMARTS) is 1. The van der Waals surface area contributed by atoms with Gasteiger partial charge in [-0.3, -0.25) is 9.78 Å². The van der Waals surface area contributed by atoms with Gasteiger partial charge in [0.25, 0.3) is 0 Å². The summed E-state index contributed by atoms with van der Waals surface area (Å²) >= 11 is 0. The second-order valence-corrected chi connectivity index (χ2v) is 5.01. The van der Waals surface area contributed by atoms with Gasteiger partial charge in [-0.05, 0) is 36.4 Å². The van der Waals surface area contributed by atoms with E-state index in [-0.39, 0.29) is 5.92 Å². The standard InChI is InChI=1S/C13H16N2O2/c16-13(17)10-3-9-4-11(7-15-12(9)5-10)8-1-2-14-6-8/h4,7-8,10,14H,1-3,5-6H2,(H,16,17). The SMILES string of the molecule is O=C(O)C1Cc2cc(C3CCNC3)cnc2C1. The molecule has 2 aliphatic rings. The van der Waals surface area contributed by atoms with E-state index >= 15 is 0 Å². The van der Waals surface area contributed by atoms with E-state index in [4.69, 9.17) is 5.11 Å². The summed E-state index contributed by atoms with van der Waals surface area (Å²) in [5.41, 5.74) is 3.38. The first-order valence-electron chi connectivity index (χ1n) is 6.15. The number of hydrogen-bond acceptors (Lipinski definition) is 3. The number of aliphatic carboxylic acids is 1. The fraction of sp³-hybridized carbons (Fsp3) is 0.538. The van der Waals surface area contributed by atoms with E-state index in [0.29, 0.717) is 18.8 Å². The molecule has 0 amide bonds. The average Bonchev–Trinajstić information content (AvgIpc) is 2.97. The lowest BCUT2D eigenvalue weighted by atomic mass is 9.98. The Morgan fingerprint density at radius 2 is 2.35 bits per heavy atom. The molecule has 4 heteroatoms. The van der Waals surface area contributed by atoms with Crippen molar-refractivity contribution in [3.05, 3.63) is 29.1 Å². The Morgan fingerprint density at radius 3 is 3.06 bits per heavy atom. The average molecular weight is 232 g/mol. The maximum absolute atomic E-state index is 11.0. The Bertz CT molecular complexity index is 453. The molecule has 3 rings (SSSR count). The van der Waals surface area contributed by atoms with Crippen LogP contribution in [0, 0.1) is 5.92 Å². The van der Waals surface area contributed by atoms with Crippen LogP contribution in [0.25, 0.3) is 0 Å². The molecule has 1 aliphatic carbocycles. The Morgan fingerprint density at radius 1 is 1.47 bits per heavy atom. The monoisotopic (exact) mass is 232 g/mol. The molecule has 1 saturated heterocycles. The normalized spacial score (nSPS) is 27.1. The van der Waals surface area contributed by atoms with Crippen molar-refractivity contribution in [2.45, 2.75) is 25.2 Å². The molecule has 2 N–H and O–H groups in total. The Balaban J connectivity index is 1.84. The van der Waals surface area contributed by atoms with Gasteiger partial charge in [0.15, 0.2) is 0 Å². The first-order chi connectivity index (χ1) is 8.24. The zero-order valence-corrected chi connectivity index (χ0v) is 9.65. The zero-order chi connectivity index (χ0) is 11.8. The first-order valence-corrected chi connectivity index (χ1v) is 6.15. The summed E-state index contributed by atoms with van der Waals surface area (Å²) < 4.78 is 0. The predicted octanol–water partition coefficient (Wildman–Crippen LogP) is 0.958. The number of carboxylic acids is 1. The molecule has 0 radical (unpaired) electrons. The second kappa shape index (κ2) is 4.11. The highest BCUT2D eigenvalue weighted by Crippen LogP contribution is 2.29. The molecular formula is C13H16N2O2. The van der Waals surface area contributed by atoms with Crippen LogP contribution in [-0.4, -0.2) is 29.1 Å². The highest BCUT2D eigenvalue weighted by molar-refractivity contribution is 5.72. The van der Waals surface area contributed by atoms with Gasteiger partial charge in [-0.25, -0.2) is 0 Å². The van der Waals surface area contributed by atoms with Crippen LogP contribution < -0.4 is 5.32 Å². The zero-order valence-electron chi connectivity index (χ0n) is 9.65. The minimum absolute atomic E-state index is 0.269. The summed E-state index contributed by atoms with van der Waals surface area (Å²) in [5.74, 6) is -0.418. The van der Waals surface area contributed by atoms with E-state index in [1.807, 2.05) is 6.20 Å². The molecule has 1 aliphatic heterocycles. The van der Waals surface area contributed by atoms with E-state index in [1.165, 1.54) is 5.56 Å². The summed E-state index contributed by atoms with van der Waals surface area (Å²) in [6, 6.07) is 2.17. The third kappa shape index (κ3) is 1.93. The minimum atomic E-state index is -0.702. The molecule has 4 nitrogen and oxygen atoms in total. The number of aromatic nitrogens is 1. The molecule has 17 heavy (non-hydrogen) atoms. The third-order valence-electron chi connectivity index (χ3n) is 3.87. The van der Waals surface area contributed by atoms with Crippen molar-refractivity contribution < 1.29 is 9.90 Å². The molecule has 1 aromatic heterocycles. The van der Waals surface area contributed by atoms with Crippen LogP contribution >= 0.6 is 0 Å². The molecule has 0 saturated carbocycles. The van der Waals surface area contributed by atoms with E-state index < -0.39 is 5.97 Å². The van der Waals surface area contributed by atoms with Crippen LogP contribution in [0.2, 0.25) is 0 Å². The number of pyridine rings is 1. The molecule has 2 atom stereocenters. The summed E-state index contributed by atoms with van der Waals surface area (Å²) in [6.07, 6.45) is 4.32. The quantitative estimate of drug-likeness (QED) is 0.797. The Kier molecular flexibility index (Phi) is 2.59. The fourth-order valence-corrected chi connectivity index (χ4v) is 2.83. The van der Waals surface area contributed by atoms with E-state index in [9.17, 15) is 4.79 Å².